The van der Waals surface area contributed by atoms with Crippen molar-refractivity contribution in [1.29, 1.82) is 0 Å². The van der Waals surface area contributed by atoms with Gasteiger partial charge in [-0.15, -0.1) is 0 Å². The molecule has 20 atom stereocenters. The lowest BCUT2D eigenvalue weighted by atomic mass is 9.92. The monoisotopic (exact) mass is 1020 g/mol. The van der Waals surface area contributed by atoms with E-state index in [1.165, 1.54) is 0 Å². The Morgan fingerprint density at radius 1 is 0.275 bits per heavy atom. The van der Waals surface area contributed by atoms with Crippen LogP contribution in [0.15, 0.2) is 0 Å². The Balaban J connectivity index is 1.36. The third kappa shape index (κ3) is 17.5. The van der Waals surface area contributed by atoms with Crippen LogP contribution < -0.4 is 0 Å². The Morgan fingerprint density at radius 2 is 0.478 bits per heavy atom. The molecule has 4 fully saturated rings. The molecule has 0 bridgehead atoms. The van der Waals surface area contributed by atoms with E-state index < -0.39 is 155 Å². The van der Waals surface area contributed by atoms with E-state index in [1.54, 1.807) is 0 Å². The smallest absolute Gasteiger partial charge is 0.186 e. The van der Waals surface area contributed by atoms with Gasteiger partial charge in [0.2, 0.25) is 0 Å². The molecule has 4 heterocycles. The minimum Gasteiger partial charge on any atom is -0.394 e. The van der Waals surface area contributed by atoms with E-state index in [1.807, 2.05) is 0 Å². The number of ether oxygens (including phenoxy) is 12. The molecule has 0 spiro atoms. The second kappa shape index (κ2) is 30.9. The number of aliphatic hydroxyl groups is 16. The fraction of sp³-hybridized carbons (Fsp3) is 1.00. The summed E-state index contributed by atoms with van der Waals surface area (Å²) in [6.45, 7) is -2.71. The van der Waals surface area contributed by atoms with Gasteiger partial charge in [0, 0.05) is 26.4 Å². The SMILES string of the molecule is OC[C@H]1O[C@H](OCCCOCC(COCCCO[C@H]2O[C@H](CO)[C@@H](O)[C@H](O)[C@@H]2O)(COCCCO[C@H]2O[C@H](CO)[C@@H](O)[C@H](O)[C@@H]2O)COCCCO[C@H]2O[C@H](CO)[C@@H](O)[C@H](O)[C@@H]2O)[C@@H](O)[C@@H](O)[C@@H]1O. The predicted octanol–water partition coefficient (Wildman–Crippen LogP) is -9.13. The van der Waals surface area contributed by atoms with Crippen molar-refractivity contribution in [3.05, 3.63) is 0 Å². The summed E-state index contributed by atoms with van der Waals surface area (Å²) in [5.74, 6) is 0. The quantitative estimate of drug-likeness (QED) is 0.0278. The molecule has 0 aromatic heterocycles. The predicted molar refractivity (Wildman–Crippen MR) is 223 cm³/mol. The van der Waals surface area contributed by atoms with Crippen LogP contribution in [0.2, 0.25) is 0 Å². The fourth-order valence-corrected chi connectivity index (χ4v) is 7.67. The summed E-state index contributed by atoms with van der Waals surface area (Å²) in [6, 6.07) is 0. The van der Waals surface area contributed by atoms with Gasteiger partial charge in [-0.3, -0.25) is 0 Å². The van der Waals surface area contributed by atoms with Crippen LogP contribution >= 0.6 is 0 Å². The van der Waals surface area contributed by atoms with Crippen molar-refractivity contribution in [3.8, 4) is 0 Å². The Hall–Kier alpha value is -1.12. The highest BCUT2D eigenvalue weighted by molar-refractivity contribution is 4.92. The molecule has 0 radical (unpaired) electrons. The van der Waals surface area contributed by atoms with Gasteiger partial charge in [0.05, 0.1) is 84.7 Å². The van der Waals surface area contributed by atoms with Gasteiger partial charge >= 0.3 is 0 Å². The molecule has 408 valence electrons. The number of rotatable bonds is 32. The number of hydrogen-bond acceptors (Lipinski definition) is 28. The summed E-state index contributed by atoms with van der Waals surface area (Å²) in [5, 5.41) is 160. The molecular formula is C41H76O28. The van der Waals surface area contributed by atoms with E-state index in [0.717, 1.165) is 0 Å². The second-order valence-electron chi connectivity index (χ2n) is 17.4. The van der Waals surface area contributed by atoms with Gasteiger partial charge in [-0.05, 0) is 25.7 Å². The Kier molecular flexibility index (Phi) is 27.1. The maximum Gasteiger partial charge on any atom is 0.186 e. The Labute approximate surface area is 397 Å². The minimum atomic E-state index is -1.63. The van der Waals surface area contributed by atoms with E-state index in [-0.39, 0.29) is 105 Å². The summed E-state index contributed by atoms with van der Waals surface area (Å²) in [7, 11) is 0. The molecule has 0 aromatic rings. The third-order valence-electron chi connectivity index (χ3n) is 11.9. The van der Waals surface area contributed by atoms with Gasteiger partial charge in [-0.1, -0.05) is 0 Å². The number of hydrogen-bond donors (Lipinski definition) is 16. The molecule has 16 N–H and O–H groups in total. The van der Waals surface area contributed by atoms with Crippen molar-refractivity contribution in [3.63, 3.8) is 0 Å². The zero-order chi connectivity index (χ0) is 50.7. The maximum absolute atomic E-state index is 10.3. The molecule has 0 amide bonds. The molecular weight excluding hydrogens is 940 g/mol. The van der Waals surface area contributed by atoms with Crippen molar-refractivity contribution in [1.82, 2.24) is 0 Å². The summed E-state index contributed by atoms with van der Waals surface area (Å²) in [4.78, 5) is 0. The van der Waals surface area contributed by atoms with Gasteiger partial charge in [0.25, 0.3) is 0 Å². The summed E-state index contributed by atoms with van der Waals surface area (Å²) < 4.78 is 68.1. The van der Waals surface area contributed by atoms with Crippen molar-refractivity contribution < 1.29 is 139 Å². The van der Waals surface area contributed by atoms with Crippen LogP contribution in [-0.4, -0.2) is 310 Å². The van der Waals surface area contributed by atoms with E-state index in [0.29, 0.717) is 0 Å². The topological polar surface area (TPSA) is 434 Å². The Morgan fingerprint density at radius 3 is 0.667 bits per heavy atom. The highest BCUT2D eigenvalue weighted by Gasteiger charge is 2.47. The van der Waals surface area contributed by atoms with Crippen molar-refractivity contribution in [2.45, 2.75) is 149 Å². The first-order valence-electron chi connectivity index (χ1n) is 23.0. The first kappa shape index (κ1) is 60.4. The fourth-order valence-electron chi connectivity index (χ4n) is 7.67. The third-order valence-corrected chi connectivity index (χ3v) is 11.9. The molecule has 4 aliphatic rings. The van der Waals surface area contributed by atoms with Crippen LogP contribution in [0.4, 0.5) is 0 Å². The standard InChI is InChI=1S/C41H76O28/c42-13-21-25(46)29(50)33(54)37(66-21)62-9-1-5-58-17-41(18-59-6-2-10-63-38-34(55)30(51)26(47)22(14-43)67-38,19-60-7-3-11-64-39-35(56)31(52)27(48)23(15-44)68-39)20-61-8-4-12-65-40-36(57)32(53)28(49)24(16-45)69-40/h21-40,42-57H,1-20H2/t21-,22-,23-,24-,25-,26-,27-,28-,29+,30+,31+,32+,33+,34+,35+,36+,37+,38+,39+,40+/m1/s1. The van der Waals surface area contributed by atoms with Crippen molar-refractivity contribution in [2.75, 3.05) is 106 Å². The van der Waals surface area contributed by atoms with Crippen LogP contribution in [-0.2, 0) is 56.8 Å². The van der Waals surface area contributed by atoms with Crippen LogP contribution in [0, 0.1) is 5.41 Å². The zero-order valence-electron chi connectivity index (χ0n) is 38.2. The summed E-state index contributed by atoms with van der Waals surface area (Å²) >= 11 is 0. The van der Waals surface area contributed by atoms with Gasteiger partial charge in [-0.2, -0.15) is 0 Å². The van der Waals surface area contributed by atoms with Gasteiger partial charge in [0.15, 0.2) is 25.2 Å². The highest BCUT2D eigenvalue weighted by atomic mass is 16.7. The number of aliphatic hydroxyl groups excluding tert-OH is 16. The summed E-state index contributed by atoms with van der Waals surface area (Å²) in [5.41, 5.74) is -1.06. The molecule has 0 aliphatic carbocycles. The lowest BCUT2D eigenvalue weighted by Crippen LogP contribution is -2.59. The minimum absolute atomic E-state index is 0.0451. The molecule has 28 nitrogen and oxygen atoms in total. The van der Waals surface area contributed by atoms with Crippen LogP contribution in [0.25, 0.3) is 0 Å². The molecule has 0 aromatic carbocycles. The highest BCUT2D eigenvalue weighted by Crippen LogP contribution is 2.27. The zero-order valence-corrected chi connectivity index (χ0v) is 38.2. The van der Waals surface area contributed by atoms with E-state index >= 15 is 0 Å². The van der Waals surface area contributed by atoms with Gasteiger partial charge in [-0.25, -0.2) is 0 Å². The van der Waals surface area contributed by atoms with Crippen LogP contribution in [0.3, 0.4) is 0 Å². The van der Waals surface area contributed by atoms with Crippen molar-refractivity contribution >= 4 is 0 Å². The van der Waals surface area contributed by atoms with Crippen molar-refractivity contribution in [2.24, 2.45) is 5.41 Å². The molecule has 4 aliphatic heterocycles. The van der Waals surface area contributed by atoms with E-state index in [4.69, 9.17) is 56.8 Å². The van der Waals surface area contributed by atoms with E-state index in [2.05, 4.69) is 0 Å². The normalized spacial score (nSPS) is 39.0. The van der Waals surface area contributed by atoms with Gasteiger partial charge < -0.3 is 139 Å². The van der Waals surface area contributed by atoms with Crippen LogP contribution in [0.1, 0.15) is 25.7 Å². The second-order valence-corrected chi connectivity index (χ2v) is 17.4. The molecule has 0 saturated carbocycles. The average molecular weight is 1020 g/mol. The van der Waals surface area contributed by atoms with Crippen LogP contribution in [0.5, 0.6) is 0 Å². The lowest BCUT2D eigenvalue weighted by Gasteiger charge is -2.39. The van der Waals surface area contributed by atoms with Gasteiger partial charge in [0.1, 0.15) is 97.7 Å². The van der Waals surface area contributed by atoms with E-state index in [9.17, 15) is 81.7 Å². The Bertz CT molecular complexity index is 1160. The molecule has 4 rings (SSSR count). The maximum atomic E-state index is 10.3. The first-order valence-corrected chi connectivity index (χ1v) is 23.0. The largest absolute Gasteiger partial charge is 0.394 e. The molecule has 0 unspecified atom stereocenters. The summed E-state index contributed by atoms with van der Waals surface area (Å²) in [6.07, 6.45) is -28.3. The average Bonchev–Trinajstić information content (AvgIpc) is 3.35. The first-order chi connectivity index (χ1) is 33.0. The molecule has 4 saturated heterocycles. The molecule has 28 heteroatoms. The molecule has 69 heavy (non-hydrogen) atoms. The lowest BCUT2D eigenvalue weighted by molar-refractivity contribution is -0.301.